The lowest BCUT2D eigenvalue weighted by atomic mass is 10.1. The van der Waals surface area contributed by atoms with Crippen molar-refractivity contribution in [1.29, 1.82) is 0 Å². The smallest absolute Gasteiger partial charge is 0.137 e. The lowest BCUT2D eigenvalue weighted by molar-refractivity contribution is 0.667. The van der Waals surface area contributed by atoms with Crippen LogP contribution in [-0.4, -0.2) is 13.6 Å². The van der Waals surface area contributed by atoms with Crippen LogP contribution in [0.3, 0.4) is 0 Å². The quantitative estimate of drug-likeness (QED) is 0.712. The van der Waals surface area contributed by atoms with Crippen LogP contribution in [0.1, 0.15) is 35.5 Å². The van der Waals surface area contributed by atoms with Crippen molar-refractivity contribution in [1.82, 2.24) is 9.38 Å². The van der Waals surface area contributed by atoms with Gasteiger partial charge < -0.3 is 4.40 Å². The molecule has 22 heavy (non-hydrogen) atoms. The molecule has 2 atom stereocenters. The Morgan fingerprint density at radius 1 is 1.14 bits per heavy atom. The highest BCUT2D eigenvalue weighted by Gasteiger charge is 2.18. The van der Waals surface area contributed by atoms with Crippen LogP contribution in [0.5, 0.6) is 0 Å². The lowest BCUT2D eigenvalue weighted by Crippen LogP contribution is -2.08. The number of hydrogen-bond acceptors (Lipinski definition) is 2. The first-order valence-electron chi connectivity index (χ1n) is 7.54. The summed E-state index contributed by atoms with van der Waals surface area (Å²) in [5, 5.41) is 0.0621. The number of fused-ring (bicyclic) bond motifs is 1. The molecule has 0 unspecified atom stereocenters. The fourth-order valence-electron chi connectivity index (χ4n) is 2.76. The van der Waals surface area contributed by atoms with Gasteiger partial charge in [-0.05, 0) is 31.0 Å². The van der Waals surface area contributed by atoms with Crippen molar-refractivity contribution in [2.45, 2.75) is 31.3 Å². The summed E-state index contributed by atoms with van der Waals surface area (Å²) in [7, 11) is -0.969. The van der Waals surface area contributed by atoms with E-state index in [1.807, 2.05) is 49.5 Å². The van der Waals surface area contributed by atoms with E-state index in [1.54, 1.807) is 0 Å². The molecule has 0 bridgehead atoms. The van der Waals surface area contributed by atoms with E-state index in [1.165, 1.54) is 0 Å². The number of pyridine rings is 1. The summed E-state index contributed by atoms with van der Waals surface area (Å²) < 4.78 is 14.8. The van der Waals surface area contributed by atoms with E-state index in [9.17, 15) is 4.21 Å². The number of hydrogen-bond donors (Lipinski definition) is 0. The maximum atomic E-state index is 12.8. The number of aromatic nitrogens is 2. The molecule has 0 amide bonds. The molecule has 3 rings (SSSR count). The van der Waals surface area contributed by atoms with Crippen LogP contribution in [0.15, 0.2) is 54.7 Å². The fourth-order valence-corrected chi connectivity index (χ4v) is 4.22. The minimum atomic E-state index is -0.969. The first-order valence-corrected chi connectivity index (χ1v) is 8.93. The second-order valence-corrected chi connectivity index (χ2v) is 7.08. The summed E-state index contributed by atoms with van der Waals surface area (Å²) in [5.74, 6) is 0.495. The highest BCUT2D eigenvalue weighted by atomic mass is 32.2. The predicted molar refractivity (Wildman–Crippen MR) is 91.2 cm³/mol. The molecule has 3 nitrogen and oxygen atoms in total. The van der Waals surface area contributed by atoms with Crippen molar-refractivity contribution >= 4 is 16.4 Å². The van der Waals surface area contributed by atoms with Gasteiger partial charge >= 0.3 is 0 Å². The van der Waals surface area contributed by atoms with Crippen molar-refractivity contribution in [3.63, 3.8) is 0 Å². The Kier molecular flexibility index (Phi) is 4.39. The van der Waals surface area contributed by atoms with Gasteiger partial charge in [0.05, 0.1) is 16.7 Å². The van der Waals surface area contributed by atoms with Crippen LogP contribution in [0.2, 0.25) is 0 Å². The average molecular weight is 312 g/mol. The van der Waals surface area contributed by atoms with E-state index >= 15 is 0 Å². The van der Waals surface area contributed by atoms with Crippen LogP contribution in [0, 0.1) is 6.92 Å². The minimum absolute atomic E-state index is 0.0621. The van der Waals surface area contributed by atoms with Crippen molar-refractivity contribution < 1.29 is 4.21 Å². The van der Waals surface area contributed by atoms with E-state index in [2.05, 4.69) is 28.4 Å². The molecule has 4 heteroatoms. The van der Waals surface area contributed by atoms with Crippen molar-refractivity contribution in [2.24, 2.45) is 0 Å². The molecule has 0 saturated carbocycles. The molecule has 114 valence electrons. The van der Waals surface area contributed by atoms with Gasteiger partial charge in [-0.15, -0.1) is 0 Å². The predicted octanol–water partition coefficient (Wildman–Crippen LogP) is 4.04. The SMILES string of the molecule is CC[C@H](c1ccccc1)[S@](=O)Cc1cn2c(C)cccc2n1. The van der Waals surface area contributed by atoms with Crippen LogP contribution < -0.4 is 0 Å². The molecule has 0 aliphatic rings. The highest BCUT2D eigenvalue weighted by Crippen LogP contribution is 2.25. The molecule has 0 aliphatic heterocycles. The third-order valence-electron chi connectivity index (χ3n) is 3.90. The largest absolute Gasteiger partial charge is 0.304 e. The summed E-state index contributed by atoms with van der Waals surface area (Å²) in [5.41, 5.74) is 4.09. The van der Waals surface area contributed by atoms with Gasteiger partial charge in [0.1, 0.15) is 5.65 Å². The zero-order chi connectivity index (χ0) is 15.5. The number of imidazole rings is 1. The fraction of sp³-hybridized carbons (Fsp3) is 0.278. The third kappa shape index (κ3) is 2.97. The van der Waals surface area contributed by atoms with Crippen LogP contribution in [-0.2, 0) is 16.6 Å². The average Bonchev–Trinajstić information content (AvgIpc) is 2.93. The Bertz CT molecular complexity index is 795. The van der Waals surface area contributed by atoms with Gasteiger partial charge in [-0.2, -0.15) is 0 Å². The molecule has 3 aromatic rings. The van der Waals surface area contributed by atoms with Gasteiger partial charge in [-0.3, -0.25) is 4.21 Å². The van der Waals surface area contributed by atoms with E-state index in [-0.39, 0.29) is 5.25 Å². The molecule has 1 aromatic carbocycles. The molecule has 0 saturated heterocycles. The van der Waals surface area contributed by atoms with Crippen LogP contribution in [0.4, 0.5) is 0 Å². The number of aryl methyl sites for hydroxylation is 1. The van der Waals surface area contributed by atoms with Gasteiger partial charge in [0, 0.05) is 22.7 Å². The minimum Gasteiger partial charge on any atom is -0.304 e. The van der Waals surface area contributed by atoms with Gasteiger partial charge in [-0.1, -0.05) is 43.3 Å². The first-order chi connectivity index (χ1) is 10.7. The van der Waals surface area contributed by atoms with Crippen LogP contribution in [0.25, 0.3) is 5.65 Å². The molecule has 2 aromatic heterocycles. The number of benzene rings is 1. The number of nitrogens with zero attached hydrogens (tertiary/aromatic N) is 2. The monoisotopic (exact) mass is 312 g/mol. The summed E-state index contributed by atoms with van der Waals surface area (Å²) >= 11 is 0. The van der Waals surface area contributed by atoms with E-state index < -0.39 is 10.8 Å². The standard InChI is InChI=1S/C18H20N2OS/c1-3-17(15-9-5-4-6-10-15)22(21)13-16-12-20-14(2)8-7-11-18(20)19-16/h4-12,17H,3,13H2,1-2H3/t17-,22-/m1/s1. The molecule has 0 N–H and O–H groups in total. The van der Waals surface area contributed by atoms with Gasteiger partial charge in [0.15, 0.2) is 0 Å². The van der Waals surface area contributed by atoms with E-state index in [0.29, 0.717) is 5.75 Å². The molecular formula is C18H20N2OS. The Labute approximate surface area is 133 Å². The zero-order valence-corrected chi connectivity index (χ0v) is 13.7. The molecule has 0 radical (unpaired) electrons. The summed E-state index contributed by atoms with van der Waals surface area (Å²) in [6.07, 6.45) is 2.86. The molecule has 0 aliphatic carbocycles. The topological polar surface area (TPSA) is 34.4 Å². The molecule has 0 spiro atoms. The summed E-state index contributed by atoms with van der Waals surface area (Å²) in [6.45, 7) is 4.14. The second-order valence-electron chi connectivity index (χ2n) is 5.46. The van der Waals surface area contributed by atoms with Crippen LogP contribution >= 0.6 is 0 Å². The van der Waals surface area contributed by atoms with E-state index in [0.717, 1.165) is 29.0 Å². The van der Waals surface area contributed by atoms with Crippen molar-refractivity contribution in [3.05, 3.63) is 71.7 Å². The Morgan fingerprint density at radius 3 is 2.59 bits per heavy atom. The molecular weight excluding hydrogens is 292 g/mol. The maximum absolute atomic E-state index is 12.8. The normalized spacial score (nSPS) is 14.1. The van der Waals surface area contributed by atoms with Gasteiger partial charge in [0.25, 0.3) is 0 Å². The van der Waals surface area contributed by atoms with Gasteiger partial charge in [-0.25, -0.2) is 4.98 Å². The van der Waals surface area contributed by atoms with Gasteiger partial charge in [0.2, 0.25) is 0 Å². The Morgan fingerprint density at radius 2 is 1.91 bits per heavy atom. The highest BCUT2D eigenvalue weighted by molar-refractivity contribution is 7.84. The maximum Gasteiger partial charge on any atom is 0.137 e. The molecule has 0 fully saturated rings. The molecule has 2 heterocycles. The summed E-state index contributed by atoms with van der Waals surface area (Å²) in [6, 6.07) is 16.1. The second kappa shape index (κ2) is 6.44. The van der Waals surface area contributed by atoms with E-state index in [4.69, 9.17) is 0 Å². The van der Waals surface area contributed by atoms with Crippen molar-refractivity contribution in [2.75, 3.05) is 0 Å². The summed E-state index contributed by atoms with van der Waals surface area (Å²) in [4.78, 5) is 4.59. The Balaban J connectivity index is 1.84. The third-order valence-corrected chi connectivity index (χ3v) is 5.72. The number of rotatable bonds is 5. The lowest BCUT2D eigenvalue weighted by Gasteiger charge is -2.14. The Hall–Kier alpha value is -1.94. The zero-order valence-electron chi connectivity index (χ0n) is 12.9. The van der Waals surface area contributed by atoms with Crippen molar-refractivity contribution in [3.8, 4) is 0 Å². The first kappa shape index (κ1) is 15.0.